The van der Waals surface area contributed by atoms with Crippen molar-refractivity contribution in [2.75, 3.05) is 25.4 Å². The van der Waals surface area contributed by atoms with E-state index in [0.717, 1.165) is 12.8 Å². The third-order valence-corrected chi connectivity index (χ3v) is 4.69. The summed E-state index contributed by atoms with van der Waals surface area (Å²) in [6, 6.07) is 0. The van der Waals surface area contributed by atoms with Crippen LogP contribution in [0.3, 0.4) is 0 Å². The summed E-state index contributed by atoms with van der Waals surface area (Å²) in [6.45, 7) is 2.73. The predicted octanol–water partition coefficient (Wildman–Crippen LogP) is -0.438. The number of hydrogen-bond acceptors (Lipinski definition) is 4. The van der Waals surface area contributed by atoms with Crippen molar-refractivity contribution >= 4 is 10.0 Å². The second-order valence-corrected chi connectivity index (χ2v) is 6.69. The Morgan fingerprint density at radius 2 is 2.20 bits per heavy atom. The molecule has 0 radical (unpaired) electrons. The molecule has 2 heterocycles. The van der Waals surface area contributed by atoms with Crippen LogP contribution >= 0.6 is 0 Å². The Morgan fingerprint density at radius 3 is 2.67 bits per heavy atom. The molecule has 1 unspecified atom stereocenters. The number of rotatable bonds is 3. The van der Waals surface area contributed by atoms with Gasteiger partial charge in [0.25, 0.3) is 0 Å². The number of aliphatic hydroxyl groups is 1. The Bertz CT molecular complexity index is 324. The SMILES string of the molecule is CC1(O)CN(S(=O)(=O)CC2CCCO2)C1. The summed E-state index contributed by atoms with van der Waals surface area (Å²) in [4.78, 5) is 0. The Morgan fingerprint density at radius 1 is 1.53 bits per heavy atom. The lowest BCUT2D eigenvalue weighted by Crippen LogP contribution is -2.62. The highest BCUT2D eigenvalue weighted by atomic mass is 32.2. The monoisotopic (exact) mass is 235 g/mol. The van der Waals surface area contributed by atoms with E-state index < -0.39 is 15.6 Å². The largest absolute Gasteiger partial charge is 0.387 e. The molecule has 1 atom stereocenters. The number of ether oxygens (including phenoxy) is 1. The zero-order chi connectivity index (χ0) is 11.1. The van der Waals surface area contributed by atoms with Crippen molar-refractivity contribution in [3.63, 3.8) is 0 Å². The van der Waals surface area contributed by atoms with Crippen molar-refractivity contribution in [3.05, 3.63) is 0 Å². The Kier molecular flexibility index (Phi) is 2.79. The van der Waals surface area contributed by atoms with E-state index in [0.29, 0.717) is 6.61 Å². The summed E-state index contributed by atoms with van der Waals surface area (Å²) in [7, 11) is -3.23. The van der Waals surface area contributed by atoms with Crippen LogP contribution in [-0.2, 0) is 14.8 Å². The van der Waals surface area contributed by atoms with Gasteiger partial charge in [-0.15, -0.1) is 0 Å². The zero-order valence-corrected chi connectivity index (χ0v) is 9.66. The molecule has 2 saturated heterocycles. The zero-order valence-electron chi connectivity index (χ0n) is 8.85. The smallest absolute Gasteiger partial charge is 0.216 e. The molecule has 0 spiro atoms. The summed E-state index contributed by atoms with van der Waals surface area (Å²) in [5.74, 6) is 0.0586. The van der Waals surface area contributed by atoms with Crippen LogP contribution in [0, 0.1) is 0 Å². The number of hydrogen-bond donors (Lipinski definition) is 1. The quantitative estimate of drug-likeness (QED) is 0.720. The van der Waals surface area contributed by atoms with Gasteiger partial charge in [-0.3, -0.25) is 0 Å². The lowest BCUT2D eigenvalue weighted by Gasteiger charge is -2.43. The molecular weight excluding hydrogens is 218 g/mol. The van der Waals surface area contributed by atoms with Crippen LogP contribution in [0.2, 0.25) is 0 Å². The second-order valence-electron chi connectivity index (χ2n) is 4.68. The normalized spacial score (nSPS) is 31.5. The van der Waals surface area contributed by atoms with Crippen LogP contribution in [-0.4, -0.2) is 55.0 Å². The minimum Gasteiger partial charge on any atom is -0.387 e. The molecule has 88 valence electrons. The lowest BCUT2D eigenvalue weighted by molar-refractivity contribution is -0.0430. The molecule has 0 aromatic heterocycles. The third kappa shape index (κ3) is 2.50. The van der Waals surface area contributed by atoms with Gasteiger partial charge in [0, 0.05) is 19.7 Å². The topological polar surface area (TPSA) is 66.8 Å². The molecule has 0 amide bonds. The molecule has 0 bridgehead atoms. The summed E-state index contributed by atoms with van der Waals surface area (Å²) in [5.41, 5.74) is -0.844. The van der Waals surface area contributed by atoms with Crippen LogP contribution in [0.4, 0.5) is 0 Å². The van der Waals surface area contributed by atoms with E-state index in [-0.39, 0.29) is 24.9 Å². The maximum absolute atomic E-state index is 11.8. The van der Waals surface area contributed by atoms with E-state index >= 15 is 0 Å². The van der Waals surface area contributed by atoms with Crippen LogP contribution in [0.5, 0.6) is 0 Å². The highest BCUT2D eigenvalue weighted by Gasteiger charge is 2.44. The van der Waals surface area contributed by atoms with E-state index in [9.17, 15) is 13.5 Å². The van der Waals surface area contributed by atoms with Gasteiger partial charge in [-0.05, 0) is 19.8 Å². The van der Waals surface area contributed by atoms with Gasteiger partial charge in [-0.1, -0.05) is 0 Å². The molecule has 15 heavy (non-hydrogen) atoms. The second kappa shape index (κ2) is 3.69. The Hall–Kier alpha value is -0.170. The van der Waals surface area contributed by atoms with Crippen molar-refractivity contribution in [2.45, 2.75) is 31.5 Å². The molecule has 0 aromatic carbocycles. The molecule has 0 saturated carbocycles. The molecule has 1 N–H and O–H groups in total. The van der Waals surface area contributed by atoms with Crippen LogP contribution in [0.25, 0.3) is 0 Å². The fourth-order valence-electron chi connectivity index (χ4n) is 2.03. The molecule has 5 nitrogen and oxygen atoms in total. The molecule has 2 rings (SSSR count). The van der Waals surface area contributed by atoms with Crippen LogP contribution in [0.15, 0.2) is 0 Å². The van der Waals surface area contributed by atoms with Crippen molar-refractivity contribution in [3.8, 4) is 0 Å². The first-order chi connectivity index (χ1) is 6.89. The van der Waals surface area contributed by atoms with E-state index in [2.05, 4.69) is 0 Å². The van der Waals surface area contributed by atoms with Gasteiger partial charge in [0.1, 0.15) is 0 Å². The van der Waals surface area contributed by atoms with Crippen molar-refractivity contribution in [2.24, 2.45) is 0 Å². The van der Waals surface area contributed by atoms with Gasteiger partial charge in [0.2, 0.25) is 10.0 Å². The Labute approximate surface area is 90.1 Å². The third-order valence-electron chi connectivity index (χ3n) is 2.85. The predicted molar refractivity (Wildman–Crippen MR) is 55.0 cm³/mol. The fraction of sp³-hybridized carbons (Fsp3) is 1.00. The van der Waals surface area contributed by atoms with Crippen LogP contribution in [0.1, 0.15) is 19.8 Å². The van der Waals surface area contributed by atoms with Gasteiger partial charge >= 0.3 is 0 Å². The maximum Gasteiger partial charge on any atom is 0.216 e. The fourth-order valence-corrected chi connectivity index (χ4v) is 3.92. The van der Waals surface area contributed by atoms with E-state index in [4.69, 9.17) is 4.74 Å². The summed E-state index contributed by atoms with van der Waals surface area (Å²) < 4.78 is 30.2. The molecule has 0 aliphatic carbocycles. The molecule has 6 heteroatoms. The van der Waals surface area contributed by atoms with E-state index in [1.165, 1.54) is 4.31 Å². The Balaban J connectivity index is 1.90. The number of β-amino-alcohol motifs (C(OH)–C–C–N with tert-alkyl or cyclic N) is 1. The first kappa shape index (κ1) is 11.3. The average Bonchev–Trinajstić information content (AvgIpc) is 2.51. The maximum atomic E-state index is 11.8. The standard InChI is InChI=1S/C9H17NO4S/c1-9(11)6-10(7-9)15(12,13)5-8-3-2-4-14-8/h8,11H,2-7H2,1H3. The first-order valence-corrected chi connectivity index (χ1v) is 6.82. The summed E-state index contributed by atoms with van der Waals surface area (Å²) in [5, 5.41) is 9.47. The number of sulfonamides is 1. The molecule has 2 fully saturated rings. The first-order valence-electron chi connectivity index (χ1n) is 5.21. The average molecular weight is 235 g/mol. The van der Waals surface area contributed by atoms with Gasteiger partial charge in [0.05, 0.1) is 17.5 Å². The highest BCUT2D eigenvalue weighted by Crippen LogP contribution is 2.25. The van der Waals surface area contributed by atoms with Gasteiger partial charge in [0.15, 0.2) is 0 Å². The highest BCUT2D eigenvalue weighted by molar-refractivity contribution is 7.89. The van der Waals surface area contributed by atoms with E-state index in [1.807, 2.05) is 0 Å². The molecule has 2 aliphatic heterocycles. The van der Waals surface area contributed by atoms with Gasteiger partial charge in [-0.2, -0.15) is 4.31 Å². The molecular formula is C9H17NO4S. The van der Waals surface area contributed by atoms with Gasteiger partial charge < -0.3 is 9.84 Å². The number of nitrogens with zero attached hydrogens (tertiary/aromatic N) is 1. The lowest BCUT2D eigenvalue weighted by atomic mass is 10.0. The minimum atomic E-state index is -3.23. The molecule has 2 aliphatic rings. The van der Waals surface area contributed by atoms with Crippen LogP contribution < -0.4 is 0 Å². The van der Waals surface area contributed by atoms with Crippen molar-refractivity contribution < 1.29 is 18.3 Å². The summed E-state index contributed by atoms with van der Waals surface area (Å²) in [6.07, 6.45) is 1.61. The van der Waals surface area contributed by atoms with Crippen molar-refractivity contribution in [1.29, 1.82) is 0 Å². The minimum absolute atomic E-state index is 0.0586. The van der Waals surface area contributed by atoms with E-state index in [1.54, 1.807) is 6.92 Å². The summed E-state index contributed by atoms with van der Waals surface area (Å²) >= 11 is 0. The molecule has 0 aromatic rings. The van der Waals surface area contributed by atoms with Gasteiger partial charge in [-0.25, -0.2) is 8.42 Å². The van der Waals surface area contributed by atoms with Crippen molar-refractivity contribution in [1.82, 2.24) is 4.31 Å².